The Balaban J connectivity index is 1.10. The Morgan fingerprint density at radius 2 is 0.520 bits per heavy atom. The summed E-state index contributed by atoms with van der Waals surface area (Å²) in [4.78, 5) is 10.4. The van der Waals surface area contributed by atoms with E-state index in [1.807, 2.05) is 0 Å². The third-order valence-corrected chi connectivity index (χ3v) is 28.7. The SMILES string of the molecule is CC(C)(C)c1ccc(N2c3ccc(cc3)C(C)(C)CC(C)(C)c3ccc(cc3)N(c3ccc(C(C)(C)C)cc3)c3cc4c(c5ccccc35)-c3ccc(N(c5ccc(C(C)(C)C)cc5)c5ccc(C(C)(C)C)cc5)cc3C4(C(C)(C)C)C3(C(C)(C)C)c4cc2ccc4-c2c3cc(N(c3ccc(C(C)(C)C)cc3)c3ccc(C(C)(C)C)cc3)c3ccccc23)cc1. The summed E-state index contributed by atoms with van der Waals surface area (Å²) in [6.07, 6.45) is 0.924. The summed E-state index contributed by atoms with van der Waals surface area (Å²) < 4.78 is 0. The highest BCUT2D eigenvalue weighted by Gasteiger charge is 2.71. The van der Waals surface area contributed by atoms with Gasteiger partial charge in [-0.05, 0) is 294 Å². The molecule has 3 heterocycles. The van der Waals surface area contributed by atoms with Gasteiger partial charge in [0.1, 0.15) is 0 Å². The predicted octanol–water partition coefficient (Wildman–Crippen LogP) is 34.9. The molecule has 0 spiro atoms. The van der Waals surface area contributed by atoms with Crippen molar-refractivity contribution in [3.63, 3.8) is 0 Å². The molecule has 5 aliphatic rings. The van der Waals surface area contributed by atoms with E-state index < -0.39 is 21.7 Å². The van der Waals surface area contributed by atoms with Crippen LogP contribution in [0.5, 0.6) is 0 Å². The van der Waals surface area contributed by atoms with Crippen LogP contribution in [0.25, 0.3) is 43.8 Å². The maximum atomic E-state index is 2.75. The van der Waals surface area contributed by atoms with Gasteiger partial charge >= 0.3 is 0 Å². The van der Waals surface area contributed by atoms with Crippen LogP contribution in [0.2, 0.25) is 0 Å². The maximum Gasteiger partial charge on any atom is 0.0543 e. The third-order valence-electron chi connectivity index (χ3n) is 28.7. The van der Waals surface area contributed by atoms with Crippen molar-refractivity contribution in [2.45, 2.75) is 254 Å². The van der Waals surface area contributed by atoms with Gasteiger partial charge in [-0.2, -0.15) is 0 Å². The molecular weight excluding hydrogens is 1510 g/mol. The van der Waals surface area contributed by atoms with Crippen LogP contribution in [0.1, 0.15) is 267 Å². The molecule has 638 valence electrons. The largest absolute Gasteiger partial charge is 0.310 e. The van der Waals surface area contributed by atoms with Gasteiger partial charge in [-0.1, -0.05) is 352 Å². The maximum absolute atomic E-state index is 2.75. The lowest BCUT2D eigenvalue weighted by Gasteiger charge is -2.62. The van der Waals surface area contributed by atoms with E-state index in [0.717, 1.165) is 74.7 Å². The van der Waals surface area contributed by atoms with Crippen molar-refractivity contribution in [1.82, 2.24) is 0 Å². The molecule has 0 saturated heterocycles. The third kappa shape index (κ3) is 14.4. The van der Waals surface area contributed by atoms with Gasteiger partial charge in [-0.25, -0.2) is 0 Å². The van der Waals surface area contributed by atoms with Crippen molar-refractivity contribution in [2.24, 2.45) is 10.8 Å². The summed E-state index contributed by atoms with van der Waals surface area (Å²) in [7, 11) is 0. The molecule has 4 nitrogen and oxygen atoms in total. The molecule has 2 aliphatic carbocycles. The Bertz CT molecular complexity index is 6280. The molecule has 19 rings (SSSR count). The van der Waals surface area contributed by atoms with Crippen LogP contribution in [0.4, 0.5) is 68.2 Å². The van der Waals surface area contributed by atoms with Gasteiger partial charge in [0.05, 0.1) is 11.4 Å². The monoisotopic (exact) mass is 1640 g/mol. The molecule has 0 fully saturated rings. The summed E-state index contributed by atoms with van der Waals surface area (Å²) in [5.74, 6) is 0. The molecule has 8 bridgehead atoms. The number of hydrogen-bond acceptors (Lipinski definition) is 4. The van der Waals surface area contributed by atoms with Gasteiger partial charge in [-0.15, -0.1) is 0 Å². The van der Waals surface area contributed by atoms with Gasteiger partial charge in [0, 0.05) is 78.5 Å². The highest BCUT2D eigenvalue weighted by Crippen LogP contribution is 2.77. The van der Waals surface area contributed by atoms with Crippen molar-refractivity contribution in [3.05, 3.63) is 358 Å². The Labute approximate surface area is 749 Å². The molecule has 2 atom stereocenters. The van der Waals surface area contributed by atoms with Crippen LogP contribution in [0.15, 0.2) is 291 Å². The number of benzene rings is 14. The first-order chi connectivity index (χ1) is 58.5. The van der Waals surface area contributed by atoms with Crippen LogP contribution in [-0.4, -0.2) is 0 Å². The first kappa shape index (κ1) is 85.9. The molecule has 14 aromatic carbocycles. The fourth-order valence-electron chi connectivity index (χ4n) is 22.3. The second kappa shape index (κ2) is 29.7. The molecular formula is C121H134N4. The molecule has 0 amide bonds. The minimum absolute atomic E-state index is 0.0644. The Hall–Kier alpha value is -11.2. The molecule has 125 heavy (non-hydrogen) atoms. The Morgan fingerprint density at radius 1 is 0.240 bits per heavy atom. The second-order valence-corrected chi connectivity index (χ2v) is 46.3. The van der Waals surface area contributed by atoms with E-state index in [9.17, 15) is 0 Å². The highest BCUT2D eigenvalue weighted by molar-refractivity contribution is 6.14. The fraction of sp³-hybridized carbons (Fsp3) is 0.339. The number of fused-ring (bicyclic) bond motifs is 10. The average Bonchev–Trinajstić information content (AvgIpc) is 1.46. The van der Waals surface area contributed by atoms with Gasteiger partial charge in [0.2, 0.25) is 0 Å². The zero-order chi connectivity index (χ0) is 89.4. The van der Waals surface area contributed by atoms with E-state index in [2.05, 4.69) is 505 Å². The molecule has 4 heteroatoms. The Kier molecular flexibility index (Phi) is 20.4. The van der Waals surface area contributed by atoms with Crippen molar-refractivity contribution >= 4 is 89.8 Å². The number of rotatable bonds is 8. The quantitative estimate of drug-likeness (QED) is 0.150. The minimum atomic E-state index is -1.01. The summed E-state index contributed by atoms with van der Waals surface area (Å²) in [5.41, 5.74) is 29.7. The smallest absolute Gasteiger partial charge is 0.0543 e. The molecule has 0 saturated carbocycles. The zero-order valence-electron chi connectivity index (χ0n) is 80.2. The topological polar surface area (TPSA) is 13.0 Å². The lowest BCUT2D eigenvalue weighted by Crippen LogP contribution is -2.62. The van der Waals surface area contributed by atoms with E-state index in [0.29, 0.717) is 0 Å². The van der Waals surface area contributed by atoms with Crippen LogP contribution >= 0.6 is 0 Å². The minimum Gasteiger partial charge on any atom is -0.310 e. The molecule has 0 aromatic heterocycles. The van der Waals surface area contributed by atoms with Crippen LogP contribution < -0.4 is 19.6 Å². The normalized spacial score (nSPS) is 17.1. The molecule has 14 aromatic rings. The first-order valence-electron chi connectivity index (χ1n) is 46.0. The van der Waals surface area contributed by atoms with Crippen LogP contribution in [0.3, 0.4) is 0 Å². The van der Waals surface area contributed by atoms with Gasteiger partial charge in [0.25, 0.3) is 0 Å². The average molecular weight is 1640 g/mol. The van der Waals surface area contributed by atoms with Crippen molar-refractivity contribution < 1.29 is 0 Å². The van der Waals surface area contributed by atoms with Crippen LogP contribution in [0, 0.1) is 10.8 Å². The van der Waals surface area contributed by atoms with Gasteiger partial charge in [0.15, 0.2) is 0 Å². The fourth-order valence-corrected chi connectivity index (χ4v) is 22.3. The molecule has 2 unspecified atom stereocenters. The molecule has 3 aliphatic heterocycles. The van der Waals surface area contributed by atoms with Crippen LogP contribution in [-0.2, 0) is 54.1 Å². The van der Waals surface area contributed by atoms with E-state index in [1.165, 1.54) is 111 Å². The number of nitrogens with zero attached hydrogens (tertiary/aromatic N) is 4. The summed E-state index contributed by atoms with van der Waals surface area (Å²) >= 11 is 0. The zero-order valence-corrected chi connectivity index (χ0v) is 80.2. The van der Waals surface area contributed by atoms with Crippen molar-refractivity contribution in [3.8, 4) is 22.3 Å². The number of anilines is 12. The van der Waals surface area contributed by atoms with Crippen molar-refractivity contribution in [1.29, 1.82) is 0 Å². The Morgan fingerprint density at radius 3 is 0.880 bits per heavy atom. The second-order valence-electron chi connectivity index (χ2n) is 46.3. The highest BCUT2D eigenvalue weighted by atomic mass is 15.2. The molecule has 0 N–H and O–H groups in total. The summed E-state index contributed by atoms with van der Waals surface area (Å²) in [5, 5.41) is 4.80. The summed E-state index contributed by atoms with van der Waals surface area (Å²) in [6.45, 7) is 67.5. The van der Waals surface area contributed by atoms with E-state index in [-0.39, 0.29) is 43.3 Å². The van der Waals surface area contributed by atoms with Gasteiger partial charge in [-0.3, -0.25) is 0 Å². The predicted molar refractivity (Wildman–Crippen MR) is 541 cm³/mol. The first-order valence-corrected chi connectivity index (χ1v) is 46.0. The van der Waals surface area contributed by atoms with E-state index in [1.54, 1.807) is 0 Å². The van der Waals surface area contributed by atoms with Crippen molar-refractivity contribution in [2.75, 3.05) is 19.6 Å². The lowest BCUT2D eigenvalue weighted by molar-refractivity contribution is 0.0595. The number of hydrogen-bond donors (Lipinski definition) is 0. The lowest BCUT2D eigenvalue weighted by atomic mass is 9.39. The summed E-state index contributed by atoms with van der Waals surface area (Å²) in [6, 6.07) is 117. The molecule has 0 radical (unpaired) electrons. The standard InChI is InChI=1S/C121H134N4/c1-110(2,3)78-37-53-86(54-38-78)122(87-55-39-79(40-56-87)111(4,5)6)94-69-71-100-102(73-94)120(116(19,20)21)105-76-107(97-34-30-32-36-99(97)109(100)105)125(92-63-47-83(48-64-92)115(16,17)18)93-67-51-85(52-68-93)119(27,28)77-118(25,26)84-49-65-89(66-50-84)123(88-57-41-80(42-58-88)112(7,8)9)95-70-72-101-103(74-95)121(120,117(22,23)24)104-75-106(96-33-29-31-35-98(96)108(101)104)124(90-59-43-81(44-60-90)113(10,11)12)91-61-45-82(46-62-91)114(13,14)15/h29-76H,77H2,1-28H3. The van der Waals surface area contributed by atoms with Gasteiger partial charge < -0.3 is 19.6 Å². The van der Waals surface area contributed by atoms with E-state index >= 15 is 0 Å². The van der Waals surface area contributed by atoms with E-state index in [4.69, 9.17) is 0 Å².